The summed E-state index contributed by atoms with van der Waals surface area (Å²) in [4.78, 5) is 14.4. The molecule has 7 nitrogen and oxygen atoms in total. The Hall–Kier alpha value is -2.45. The van der Waals surface area contributed by atoms with Gasteiger partial charge in [0.2, 0.25) is 5.91 Å². The average molecular weight is 370 g/mol. The van der Waals surface area contributed by atoms with Crippen molar-refractivity contribution in [2.24, 2.45) is 5.73 Å². The average Bonchev–Trinajstić information content (AvgIpc) is 2.84. The molecule has 1 saturated heterocycles. The van der Waals surface area contributed by atoms with E-state index >= 15 is 0 Å². The van der Waals surface area contributed by atoms with E-state index in [1.807, 2.05) is 36.4 Å². The van der Waals surface area contributed by atoms with E-state index in [9.17, 15) is 15.0 Å². The van der Waals surface area contributed by atoms with Crippen molar-refractivity contribution in [1.29, 1.82) is 0 Å². The Morgan fingerprint density at radius 1 is 1.22 bits per heavy atom. The van der Waals surface area contributed by atoms with Crippen molar-refractivity contribution in [2.75, 3.05) is 0 Å². The standard InChI is InChI=1S/C20H26N4O3/c1-20(11-17(26)22-12-14-6-3-2-4-7-14)18(27)24(19(21)23-20)13-15-8-5-9-16(25)10-15/h2-10,17,19,22-23,25-26H,11-13,21H2,1H3. The molecule has 0 radical (unpaired) electrons. The van der Waals surface area contributed by atoms with Gasteiger partial charge in [0.15, 0.2) is 0 Å². The van der Waals surface area contributed by atoms with Crippen LogP contribution in [0.5, 0.6) is 5.75 Å². The second kappa shape index (κ2) is 8.06. The third-order valence-corrected chi connectivity index (χ3v) is 4.78. The SMILES string of the molecule is CC1(CC(O)NCc2ccccc2)NC(N)N(Cc2cccc(O)c2)C1=O. The third kappa shape index (κ3) is 4.64. The number of rotatable bonds is 7. The van der Waals surface area contributed by atoms with E-state index in [4.69, 9.17) is 5.73 Å². The van der Waals surface area contributed by atoms with Gasteiger partial charge in [-0.15, -0.1) is 0 Å². The highest BCUT2D eigenvalue weighted by Crippen LogP contribution is 2.25. The fourth-order valence-electron chi connectivity index (χ4n) is 3.37. The first kappa shape index (κ1) is 19.3. The van der Waals surface area contributed by atoms with E-state index in [0.29, 0.717) is 6.54 Å². The van der Waals surface area contributed by atoms with Gasteiger partial charge in [-0.05, 0) is 30.2 Å². The van der Waals surface area contributed by atoms with E-state index in [2.05, 4.69) is 10.6 Å². The predicted molar refractivity (Wildman–Crippen MR) is 102 cm³/mol. The number of benzene rings is 2. The number of nitrogens with two attached hydrogens (primary N) is 1. The molecule has 3 rings (SSSR count). The Labute approximate surface area is 158 Å². The number of aliphatic hydroxyl groups is 1. The lowest BCUT2D eigenvalue weighted by Crippen LogP contribution is -2.51. The van der Waals surface area contributed by atoms with Gasteiger partial charge in [0.25, 0.3) is 0 Å². The van der Waals surface area contributed by atoms with Crippen molar-refractivity contribution < 1.29 is 15.0 Å². The second-order valence-corrected chi connectivity index (χ2v) is 7.11. The maximum Gasteiger partial charge on any atom is 0.245 e. The van der Waals surface area contributed by atoms with Gasteiger partial charge in [0.05, 0.1) is 0 Å². The van der Waals surface area contributed by atoms with Gasteiger partial charge in [0.1, 0.15) is 23.8 Å². The van der Waals surface area contributed by atoms with Crippen molar-refractivity contribution >= 4 is 5.91 Å². The van der Waals surface area contributed by atoms with Crippen LogP contribution in [-0.4, -0.2) is 39.1 Å². The van der Waals surface area contributed by atoms with Crippen LogP contribution in [0.3, 0.4) is 0 Å². The summed E-state index contributed by atoms with van der Waals surface area (Å²) in [7, 11) is 0. The van der Waals surface area contributed by atoms with Gasteiger partial charge in [-0.2, -0.15) is 0 Å². The maximum atomic E-state index is 12.9. The zero-order valence-electron chi connectivity index (χ0n) is 15.3. The molecular weight excluding hydrogens is 344 g/mol. The van der Waals surface area contributed by atoms with E-state index < -0.39 is 18.1 Å². The number of hydrogen-bond acceptors (Lipinski definition) is 6. The topological polar surface area (TPSA) is 111 Å². The molecule has 1 heterocycles. The highest BCUT2D eigenvalue weighted by molar-refractivity contribution is 5.88. The number of nitrogens with one attached hydrogen (secondary N) is 2. The molecule has 1 amide bonds. The quantitative estimate of drug-likeness (QED) is 0.462. The molecule has 0 aliphatic carbocycles. The highest BCUT2D eigenvalue weighted by Gasteiger charge is 2.47. The highest BCUT2D eigenvalue weighted by atomic mass is 16.3. The van der Waals surface area contributed by atoms with Crippen LogP contribution in [0.2, 0.25) is 0 Å². The Morgan fingerprint density at radius 3 is 2.63 bits per heavy atom. The minimum atomic E-state index is -0.973. The molecule has 7 heteroatoms. The van der Waals surface area contributed by atoms with E-state index in [1.54, 1.807) is 25.1 Å². The van der Waals surface area contributed by atoms with Crippen LogP contribution in [0.4, 0.5) is 0 Å². The number of phenols is 1. The molecule has 3 unspecified atom stereocenters. The van der Waals surface area contributed by atoms with Crippen LogP contribution in [0, 0.1) is 0 Å². The zero-order valence-corrected chi connectivity index (χ0v) is 15.3. The summed E-state index contributed by atoms with van der Waals surface area (Å²) in [6.07, 6.45) is -1.34. The molecule has 0 aromatic heterocycles. The summed E-state index contributed by atoms with van der Waals surface area (Å²) in [6, 6.07) is 16.5. The lowest BCUT2D eigenvalue weighted by atomic mass is 9.96. The number of phenolic OH excluding ortho intramolecular Hbond substituents is 1. The minimum Gasteiger partial charge on any atom is -0.508 e. The molecule has 1 aliphatic heterocycles. The summed E-state index contributed by atoms with van der Waals surface area (Å²) < 4.78 is 0. The summed E-state index contributed by atoms with van der Waals surface area (Å²) in [5.74, 6) is -0.0390. The van der Waals surface area contributed by atoms with Crippen LogP contribution in [0.25, 0.3) is 0 Å². The molecule has 27 heavy (non-hydrogen) atoms. The van der Waals surface area contributed by atoms with Gasteiger partial charge in [-0.25, -0.2) is 0 Å². The molecular formula is C20H26N4O3. The monoisotopic (exact) mass is 370 g/mol. The smallest absolute Gasteiger partial charge is 0.245 e. The second-order valence-electron chi connectivity index (χ2n) is 7.11. The van der Waals surface area contributed by atoms with Crippen molar-refractivity contribution in [3.63, 3.8) is 0 Å². The van der Waals surface area contributed by atoms with E-state index in [-0.39, 0.29) is 24.6 Å². The normalized spacial score (nSPS) is 23.6. The van der Waals surface area contributed by atoms with Gasteiger partial charge in [0, 0.05) is 19.5 Å². The lowest BCUT2D eigenvalue weighted by molar-refractivity contribution is -0.134. The summed E-state index contributed by atoms with van der Waals surface area (Å²) in [5, 5.41) is 26.1. The van der Waals surface area contributed by atoms with Crippen molar-refractivity contribution in [3.05, 3.63) is 65.7 Å². The number of nitrogens with zero attached hydrogens (tertiary/aromatic N) is 1. The summed E-state index contributed by atoms with van der Waals surface area (Å²) in [6.45, 7) is 2.53. The maximum absolute atomic E-state index is 12.9. The van der Waals surface area contributed by atoms with Crippen molar-refractivity contribution in [2.45, 2.75) is 44.5 Å². The number of aromatic hydroxyl groups is 1. The molecule has 2 aromatic carbocycles. The Kier molecular flexibility index (Phi) is 5.76. The Balaban J connectivity index is 1.60. The molecule has 0 bridgehead atoms. The van der Waals surface area contributed by atoms with Crippen LogP contribution in [-0.2, 0) is 17.9 Å². The van der Waals surface area contributed by atoms with Gasteiger partial charge < -0.3 is 15.1 Å². The van der Waals surface area contributed by atoms with E-state index in [0.717, 1.165) is 11.1 Å². The number of amides is 1. The molecule has 0 spiro atoms. The number of carbonyl (C=O) groups is 1. The third-order valence-electron chi connectivity index (χ3n) is 4.78. The Bertz CT molecular complexity index is 786. The number of hydrogen-bond donors (Lipinski definition) is 5. The molecule has 6 N–H and O–H groups in total. The van der Waals surface area contributed by atoms with Crippen LogP contribution in [0.1, 0.15) is 24.5 Å². The fraction of sp³-hybridized carbons (Fsp3) is 0.350. The minimum absolute atomic E-state index is 0.143. The first-order valence-corrected chi connectivity index (χ1v) is 8.95. The molecule has 1 fully saturated rings. The first-order chi connectivity index (χ1) is 12.9. The van der Waals surface area contributed by atoms with Crippen molar-refractivity contribution in [3.8, 4) is 5.75 Å². The molecule has 144 valence electrons. The van der Waals surface area contributed by atoms with Gasteiger partial charge in [-0.3, -0.25) is 21.2 Å². The summed E-state index contributed by atoms with van der Waals surface area (Å²) >= 11 is 0. The predicted octanol–water partition coefficient (Wildman–Crippen LogP) is 0.823. The summed E-state index contributed by atoms with van der Waals surface area (Å²) in [5.41, 5.74) is 6.96. The van der Waals surface area contributed by atoms with Gasteiger partial charge in [-0.1, -0.05) is 42.5 Å². The molecule has 0 saturated carbocycles. The van der Waals surface area contributed by atoms with E-state index in [1.165, 1.54) is 4.90 Å². The largest absolute Gasteiger partial charge is 0.508 e. The van der Waals surface area contributed by atoms with Crippen LogP contribution in [0.15, 0.2) is 54.6 Å². The van der Waals surface area contributed by atoms with Crippen LogP contribution < -0.4 is 16.4 Å². The lowest BCUT2D eigenvalue weighted by Gasteiger charge is -2.26. The zero-order chi connectivity index (χ0) is 19.4. The fourth-order valence-corrected chi connectivity index (χ4v) is 3.37. The number of aliphatic hydroxyl groups excluding tert-OH is 1. The first-order valence-electron chi connectivity index (χ1n) is 8.95. The molecule has 3 atom stereocenters. The van der Waals surface area contributed by atoms with Crippen LogP contribution >= 0.6 is 0 Å². The molecule has 1 aliphatic rings. The molecule has 2 aromatic rings. The number of carbonyl (C=O) groups excluding carboxylic acids is 1. The van der Waals surface area contributed by atoms with Crippen molar-refractivity contribution in [1.82, 2.24) is 15.5 Å². The van der Waals surface area contributed by atoms with Gasteiger partial charge >= 0.3 is 0 Å². The Morgan fingerprint density at radius 2 is 1.93 bits per heavy atom.